The second-order valence-electron chi connectivity index (χ2n) is 8.91. The molecule has 198 valence electrons. The van der Waals surface area contributed by atoms with Gasteiger partial charge in [0.25, 0.3) is 11.6 Å². The molecule has 9 nitrogen and oxygen atoms in total. The predicted octanol–water partition coefficient (Wildman–Crippen LogP) is 4.99. The Morgan fingerprint density at radius 2 is 1.74 bits per heavy atom. The first-order valence-corrected chi connectivity index (χ1v) is 11.7. The number of benzene rings is 3. The number of nitro benzene ring substituents is 1. The fourth-order valence-corrected chi connectivity index (χ4v) is 4.76. The number of aromatic nitrogens is 2. The van der Waals surface area contributed by atoms with Crippen LogP contribution in [0.25, 0.3) is 5.69 Å². The lowest BCUT2D eigenvalue weighted by atomic mass is 9.81. The van der Waals surface area contributed by atoms with E-state index >= 15 is 0 Å². The van der Waals surface area contributed by atoms with Gasteiger partial charge in [-0.2, -0.15) is 18.3 Å². The first-order valence-electron chi connectivity index (χ1n) is 11.7. The zero-order chi connectivity index (χ0) is 27.9. The van der Waals surface area contributed by atoms with Crippen molar-refractivity contribution < 1.29 is 27.7 Å². The van der Waals surface area contributed by atoms with Crippen LogP contribution in [0.1, 0.15) is 38.7 Å². The van der Waals surface area contributed by atoms with Gasteiger partial charge in [0.1, 0.15) is 11.9 Å². The van der Waals surface area contributed by atoms with E-state index in [1.165, 1.54) is 28.9 Å². The summed E-state index contributed by atoms with van der Waals surface area (Å²) < 4.78 is 41.2. The molecule has 2 N–H and O–H groups in total. The lowest BCUT2D eigenvalue weighted by Gasteiger charge is -2.32. The molecule has 5 rings (SSSR count). The third kappa shape index (κ3) is 4.72. The fourth-order valence-electron chi connectivity index (χ4n) is 4.76. The number of alkyl halides is 3. The van der Waals surface area contributed by atoms with Gasteiger partial charge in [-0.05, 0) is 37.3 Å². The smallest absolute Gasteiger partial charge is 0.339 e. The summed E-state index contributed by atoms with van der Waals surface area (Å²) in [7, 11) is 0. The molecule has 4 aromatic rings. The van der Waals surface area contributed by atoms with Crippen molar-refractivity contribution in [3.05, 3.63) is 117 Å². The van der Waals surface area contributed by atoms with Crippen molar-refractivity contribution in [2.45, 2.75) is 25.1 Å². The number of carbonyl (C=O) groups excluding carboxylic acids is 2. The summed E-state index contributed by atoms with van der Waals surface area (Å²) in [6.45, 7) is 1.67. The highest BCUT2D eigenvalue weighted by Gasteiger charge is 2.44. The maximum absolute atomic E-state index is 13.5. The normalized spacial score (nSPS) is 16.8. The van der Waals surface area contributed by atoms with Crippen LogP contribution < -0.4 is 10.6 Å². The van der Waals surface area contributed by atoms with Crippen molar-refractivity contribution in [2.75, 3.05) is 5.32 Å². The molecule has 3 aromatic carbocycles. The average Bonchev–Trinajstić information content (AvgIpc) is 3.24. The molecule has 0 aliphatic carbocycles. The molecular formula is C27H20F3N5O4. The van der Waals surface area contributed by atoms with Crippen LogP contribution in [0.5, 0.6) is 0 Å². The number of aryl methyl sites for hydroxylation is 1. The highest BCUT2D eigenvalue weighted by molar-refractivity contribution is 6.04. The molecule has 39 heavy (non-hydrogen) atoms. The highest BCUT2D eigenvalue weighted by atomic mass is 19.4. The van der Waals surface area contributed by atoms with Crippen molar-refractivity contribution in [1.82, 2.24) is 15.1 Å². The maximum Gasteiger partial charge on any atom is 0.416 e. The Kier molecular flexibility index (Phi) is 6.38. The second kappa shape index (κ2) is 9.71. The van der Waals surface area contributed by atoms with E-state index in [4.69, 9.17) is 0 Å². The summed E-state index contributed by atoms with van der Waals surface area (Å²) in [5.74, 6) is -2.44. The topological polar surface area (TPSA) is 119 Å². The van der Waals surface area contributed by atoms with Gasteiger partial charge < -0.3 is 10.6 Å². The van der Waals surface area contributed by atoms with Crippen molar-refractivity contribution in [2.24, 2.45) is 0 Å². The quantitative estimate of drug-likeness (QED) is 0.276. The van der Waals surface area contributed by atoms with Gasteiger partial charge >= 0.3 is 6.18 Å². The van der Waals surface area contributed by atoms with E-state index in [1.807, 2.05) is 0 Å². The lowest BCUT2D eigenvalue weighted by Crippen LogP contribution is -2.50. The molecule has 2 heterocycles. The Balaban J connectivity index is 1.64. The van der Waals surface area contributed by atoms with Gasteiger partial charge in [-0.3, -0.25) is 19.7 Å². The number of halogens is 3. The van der Waals surface area contributed by atoms with E-state index in [0.29, 0.717) is 23.0 Å². The fraction of sp³-hybridized carbons (Fsp3) is 0.148. The number of fused-ring (bicyclic) bond motifs is 1. The molecule has 0 saturated heterocycles. The Bertz CT molecular complexity index is 1600. The molecule has 0 saturated carbocycles. The summed E-state index contributed by atoms with van der Waals surface area (Å²) in [6, 6.07) is 17.1. The number of anilines is 1. The number of carbonyl (C=O) groups is 2. The lowest BCUT2D eigenvalue weighted by molar-refractivity contribution is -0.385. The van der Waals surface area contributed by atoms with Crippen LogP contribution in [-0.2, 0) is 11.0 Å². The van der Waals surface area contributed by atoms with Crippen molar-refractivity contribution in [3.8, 4) is 5.69 Å². The summed E-state index contributed by atoms with van der Waals surface area (Å²) in [4.78, 5) is 38.0. The van der Waals surface area contributed by atoms with Gasteiger partial charge in [0.2, 0.25) is 5.91 Å². The molecule has 0 spiro atoms. The van der Waals surface area contributed by atoms with E-state index in [0.717, 1.165) is 12.1 Å². The van der Waals surface area contributed by atoms with E-state index in [1.54, 1.807) is 43.3 Å². The Hall–Kier alpha value is -5.00. The molecule has 1 aliphatic rings. The third-order valence-corrected chi connectivity index (χ3v) is 6.48. The number of rotatable bonds is 5. The van der Waals surface area contributed by atoms with E-state index in [-0.39, 0.29) is 22.6 Å². The molecule has 0 radical (unpaired) electrons. The zero-order valence-electron chi connectivity index (χ0n) is 20.3. The number of nitro groups is 1. The van der Waals surface area contributed by atoms with Gasteiger partial charge in [0.05, 0.1) is 27.8 Å². The van der Waals surface area contributed by atoms with E-state index in [9.17, 15) is 32.9 Å². The molecular weight excluding hydrogens is 515 g/mol. The molecule has 2 amide bonds. The van der Waals surface area contributed by atoms with E-state index in [2.05, 4.69) is 15.7 Å². The number of hydrogen-bond acceptors (Lipinski definition) is 5. The summed E-state index contributed by atoms with van der Waals surface area (Å²) >= 11 is 0. The standard InChI is InChI=1S/C27H20F3N5O4/c1-15-21-22(19-12-5-6-13-20(19)35(38)39)23(31-25(36)16-8-7-9-17(14-16)27(28,29)30)26(37)32-24(21)34(33-15)18-10-3-2-4-11-18/h2-14,22-23H,1H3,(H,31,36)(H,32,37)/t22-,23+/m1/s1. The minimum Gasteiger partial charge on any atom is -0.339 e. The zero-order valence-corrected chi connectivity index (χ0v) is 20.3. The number of hydrogen-bond donors (Lipinski definition) is 2. The number of amides is 2. The predicted molar refractivity (Wildman–Crippen MR) is 135 cm³/mol. The van der Waals surface area contributed by atoms with Crippen molar-refractivity contribution in [1.29, 1.82) is 0 Å². The summed E-state index contributed by atoms with van der Waals surface area (Å²) in [6.07, 6.45) is -4.68. The van der Waals surface area contributed by atoms with Crippen LogP contribution in [0.4, 0.5) is 24.7 Å². The molecule has 2 atom stereocenters. The van der Waals surface area contributed by atoms with Gasteiger partial charge in [-0.15, -0.1) is 0 Å². The number of nitrogens with zero attached hydrogens (tertiary/aromatic N) is 3. The van der Waals surface area contributed by atoms with Crippen LogP contribution in [-0.4, -0.2) is 32.6 Å². The Labute approximate surface area is 219 Å². The molecule has 0 fully saturated rings. The third-order valence-electron chi connectivity index (χ3n) is 6.48. The van der Waals surface area contributed by atoms with Crippen LogP contribution in [0.2, 0.25) is 0 Å². The maximum atomic E-state index is 13.5. The first kappa shape index (κ1) is 25.6. The minimum atomic E-state index is -4.68. The molecule has 12 heteroatoms. The van der Waals surface area contributed by atoms with E-state index < -0.39 is 40.4 Å². The largest absolute Gasteiger partial charge is 0.416 e. The van der Waals surface area contributed by atoms with Gasteiger partial charge in [-0.25, -0.2) is 4.68 Å². The summed E-state index contributed by atoms with van der Waals surface area (Å²) in [5, 5.41) is 21.7. The van der Waals surface area contributed by atoms with Gasteiger partial charge in [-0.1, -0.05) is 42.5 Å². The average molecular weight is 535 g/mol. The van der Waals surface area contributed by atoms with Crippen LogP contribution in [0.15, 0.2) is 78.9 Å². The first-order chi connectivity index (χ1) is 18.6. The monoisotopic (exact) mass is 535 g/mol. The van der Waals surface area contributed by atoms with Crippen LogP contribution >= 0.6 is 0 Å². The second-order valence-corrected chi connectivity index (χ2v) is 8.91. The number of para-hydroxylation sites is 2. The molecule has 0 bridgehead atoms. The Morgan fingerprint density at radius 3 is 2.44 bits per heavy atom. The van der Waals surface area contributed by atoms with Crippen molar-refractivity contribution in [3.63, 3.8) is 0 Å². The minimum absolute atomic E-state index is 0.142. The van der Waals surface area contributed by atoms with Crippen LogP contribution in [0.3, 0.4) is 0 Å². The van der Waals surface area contributed by atoms with Crippen molar-refractivity contribution >= 4 is 23.3 Å². The highest BCUT2D eigenvalue weighted by Crippen LogP contribution is 2.43. The van der Waals surface area contributed by atoms with Gasteiger partial charge in [0.15, 0.2) is 0 Å². The SMILES string of the molecule is Cc1nn(-c2ccccc2)c2c1[C@@H](c1ccccc1[N+](=O)[O-])[C@H](NC(=O)c1cccc(C(F)(F)F)c1)C(=O)N2. The van der Waals surface area contributed by atoms with Crippen LogP contribution in [0, 0.1) is 17.0 Å². The van der Waals surface area contributed by atoms with Gasteiger partial charge in [0, 0.05) is 22.8 Å². The number of nitrogens with one attached hydrogen (secondary N) is 2. The molecule has 0 unspecified atom stereocenters. The summed E-state index contributed by atoms with van der Waals surface area (Å²) in [5.41, 5.74) is 0.00603. The molecule has 1 aromatic heterocycles. The Morgan fingerprint density at radius 1 is 1.05 bits per heavy atom. The molecule has 1 aliphatic heterocycles.